The van der Waals surface area contributed by atoms with Gasteiger partial charge in [0.05, 0.1) is 27.4 Å². The Labute approximate surface area is 178 Å². The lowest BCUT2D eigenvalue weighted by Crippen LogP contribution is -2.12. The van der Waals surface area contributed by atoms with Gasteiger partial charge < -0.3 is 18.9 Å². The molecule has 9 heteroatoms. The number of amides is 1. The van der Waals surface area contributed by atoms with Crippen LogP contribution >= 0.6 is 11.3 Å². The molecule has 3 aromatic rings. The van der Waals surface area contributed by atoms with Gasteiger partial charge in [-0.2, -0.15) is 0 Å². The normalized spacial score (nSPS) is 10.4. The van der Waals surface area contributed by atoms with Crippen molar-refractivity contribution in [3.05, 3.63) is 42.0 Å². The minimum atomic E-state index is -0.311. The molecule has 0 aliphatic heterocycles. The number of anilines is 1. The molecule has 0 saturated heterocycles. The highest BCUT2D eigenvalue weighted by atomic mass is 32.1. The van der Waals surface area contributed by atoms with Crippen LogP contribution in [0.4, 0.5) is 5.13 Å². The van der Waals surface area contributed by atoms with Gasteiger partial charge in [-0.15, -0.1) is 10.2 Å². The smallest absolute Gasteiger partial charge is 0.257 e. The highest BCUT2D eigenvalue weighted by Gasteiger charge is 2.15. The second-order valence-corrected chi connectivity index (χ2v) is 6.94. The Kier molecular flexibility index (Phi) is 7.08. The first kappa shape index (κ1) is 21.4. The van der Waals surface area contributed by atoms with E-state index in [1.54, 1.807) is 38.5 Å². The Balaban J connectivity index is 1.77. The summed E-state index contributed by atoms with van der Waals surface area (Å²) >= 11 is 1.26. The summed E-state index contributed by atoms with van der Waals surface area (Å²) in [7, 11) is 3.15. The van der Waals surface area contributed by atoms with Crippen molar-refractivity contribution < 1.29 is 23.7 Å². The summed E-state index contributed by atoms with van der Waals surface area (Å²) in [5.74, 6) is 2.03. The van der Waals surface area contributed by atoms with Gasteiger partial charge in [0.2, 0.25) is 5.13 Å². The van der Waals surface area contributed by atoms with Crippen molar-refractivity contribution in [3.8, 4) is 33.6 Å². The fraction of sp³-hybridized carbons (Fsp3) is 0.286. The summed E-state index contributed by atoms with van der Waals surface area (Å²) in [5, 5.41) is 12.0. The van der Waals surface area contributed by atoms with Crippen LogP contribution in [0.15, 0.2) is 36.4 Å². The van der Waals surface area contributed by atoms with E-state index in [1.807, 2.05) is 26.0 Å². The molecule has 0 atom stereocenters. The molecule has 158 valence electrons. The van der Waals surface area contributed by atoms with Gasteiger partial charge in [0.1, 0.15) is 5.01 Å². The Hall–Kier alpha value is -3.33. The van der Waals surface area contributed by atoms with Crippen molar-refractivity contribution in [1.82, 2.24) is 10.2 Å². The van der Waals surface area contributed by atoms with Crippen molar-refractivity contribution in [2.45, 2.75) is 13.8 Å². The maximum absolute atomic E-state index is 12.7. The minimum absolute atomic E-state index is 0.311. The van der Waals surface area contributed by atoms with Gasteiger partial charge in [-0.05, 0) is 50.2 Å². The lowest BCUT2D eigenvalue weighted by atomic mass is 10.2. The van der Waals surface area contributed by atoms with E-state index >= 15 is 0 Å². The maximum Gasteiger partial charge on any atom is 0.257 e. The number of carbonyl (C=O) groups is 1. The van der Waals surface area contributed by atoms with Crippen molar-refractivity contribution in [2.24, 2.45) is 0 Å². The lowest BCUT2D eigenvalue weighted by Gasteiger charge is -2.12. The minimum Gasteiger partial charge on any atom is -0.493 e. The standard InChI is InChI=1S/C21H23N3O5S/c1-5-28-16-10-7-13(11-18(16)29-6-2)19(25)22-21-24-23-20(30-21)14-8-9-15(26-3)17(12-14)27-4/h7-12H,5-6H2,1-4H3,(H,22,24,25). The van der Waals surface area contributed by atoms with Crippen LogP contribution in [0.3, 0.4) is 0 Å². The fourth-order valence-corrected chi connectivity index (χ4v) is 3.46. The van der Waals surface area contributed by atoms with Gasteiger partial charge in [0.25, 0.3) is 5.91 Å². The number of rotatable bonds is 9. The molecule has 1 heterocycles. The highest BCUT2D eigenvalue weighted by Crippen LogP contribution is 2.34. The van der Waals surface area contributed by atoms with E-state index in [9.17, 15) is 4.79 Å². The van der Waals surface area contributed by atoms with Gasteiger partial charge in [0.15, 0.2) is 23.0 Å². The first-order valence-corrected chi connectivity index (χ1v) is 10.2. The van der Waals surface area contributed by atoms with Crippen LogP contribution < -0.4 is 24.3 Å². The van der Waals surface area contributed by atoms with Gasteiger partial charge in [0, 0.05) is 11.1 Å². The first-order chi connectivity index (χ1) is 14.6. The predicted molar refractivity (Wildman–Crippen MR) is 115 cm³/mol. The van der Waals surface area contributed by atoms with E-state index in [0.717, 1.165) is 5.56 Å². The third kappa shape index (κ3) is 4.80. The molecule has 0 unspecified atom stereocenters. The second-order valence-electron chi connectivity index (χ2n) is 5.96. The lowest BCUT2D eigenvalue weighted by molar-refractivity contribution is 0.102. The number of carbonyl (C=O) groups excluding carboxylic acids is 1. The van der Waals surface area contributed by atoms with Crippen LogP contribution in [-0.2, 0) is 0 Å². The number of ether oxygens (including phenoxy) is 4. The highest BCUT2D eigenvalue weighted by molar-refractivity contribution is 7.18. The van der Waals surface area contributed by atoms with Crippen molar-refractivity contribution in [3.63, 3.8) is 0 Å². The van der Waals surface area contributed by atoms with Crippen molar-refractivity contribution >= 4 is 22.4 Å². The number of aromatic nitrogens is 2. The first-order valence-electron chi connectivity index (χ1n) is 9.36. The van der Waals surface area contributed by atoms with E-state index in [1.165, 1.54) is 11.3 Å². The zero-order chi connectivity index (χ0) is 21.5. The second kappa shape index (κ2) is 9.93. The Morgan fingerprint density at radius 1 is 0.900 bits per heavy atom. The van der Waals surface area contributed by atoms with Gasteiger partial charge in [-0.3, -0.25) is 10.1 Å². The monoisotopic (exact) mass is 429 g/mol. The van der Waals surface area contributed by atoms with Crippen LogP contribution in [0.1, 0.15) is 24.2 Å². The van der Waals surface area contributed by atoms with E-state index in [-0.39, 0.29) is 5.91 Å². The molecule has 0 fully saturated rings. The average Bonchev–Trinajstić information content (AvgIpc) is 3.23. The van der Waals surface area contributed by atoms with E-state index in [2.05, 4.69) is 15.5 Å². The average molecular weight is 429 g/mol. The molecular formula is C21H23N3O5S. The summed E-state index contributed by atoms with van der Waals surface area (Å²) in [6, 6.07) is 10.5. The molecule has 0 spiro atoms. The summed E-state index contributed by atoms with van der Waals surface area (Å²) in [6.07, 6.45) is 0. The molecule has 8 nitrogen and oxygen atoms in total. The molecule has 0 aliphatic rings. The quantitative estimate of drug-likeness (QED) is 0.543. The predicted octanol–water partition coefficient (Wildman–Crippen LogP) is 4.27. The maximum atomic E-state index is 12.7. The Morgan fingerprint density at radius 3 is 2.30 bits per heavy atom. The summed E-state index contributed by atoms with van der Waals surface area (Å²) < 4.78 is 21.7. The number of hydrogen-bond donors (Lipinski definition) is 1. The number of nitrogens with one attached hydrogen (secondary N) is 1. The molecule has 3 rings (SSSR count). The number of methoxy groups -OCH3 is 2. The van der Waals surface area contributed by atoms with Crippen LogP contribution in [0.5, 0.6) is 23.0 Å². The topological polar surface area (TPSA) is 91.8 Å². The van der Waals surface area contributed by atoms with E-state index < -0.39 is 0 Å². The molecule has 0 saturated carbocycles. The van der Waals surface area contributed by atoms with Crippen molar-refractivity contribution in [1.29, 1.82) is 0 Å². The Bertz CT molecular complexity index is 1020. The van der Waals surface area contributed by atoms with Gasteiger partial charge in [-0.25, -0.2) is 0 Å². The molecule has 1 amide bonds. The molecule has 0 aliphatic carbocycles. The fourth-order valence-electron chi connectivity index (χ4n) is 2.72. The van der Waals surface area contributed by atoms with Crippen LogP contribution in [-0.4, -0.2) is 43.5 Å². The number of hydrogen-bond acceptors (Lipinski definition) is 8. The van der Waals surface area contributed by atoms with E-state index in [4.69, 9.17) is 18.9 Å². The Morgan fingerprint density at radius 2 is 1.60 bits per heavy atom. The van der Waals surface area contributed by atoms with Crippen molar-refractivity contribution in [2.75, 3.05) is 32.8 Å². The van der Waals surface area contributed by atoms with E-state index in [0.29, 0.717) is 51.9 Å². The third-order valence-electron chi connectivity index (χ3n) is 4.08. The zero-order valence-electron chi connectivity index (χ0n) is 17.2. The van der Waals surface area contributed by atoms with Gasteiger partial charge >= 0.3 is 0 Å². The molecule has 2 aromatic carbocycles. The summed E-state index contributed by atoms with van der Waals surface area (Å²) in [6.45, 7) is 4.74. The third-order valence-corrected chi connectivity index (χ3v) is 4.97. The summed E-state index contributed by atoms with van der Waals surface area (Å²) in [4.78, 5) is 12.7. The van der Waals surface area contributed by atoms with Crippen LogP contribution in [0, 0.1) is 0 Å². The molecular weight excluding hydrogens is 406 g/mol. The number of nitrogens with zero attached hydrogens (tertiary/aromatic N) is 2. The summed E-state index contributed by atoms with van der Waals surface area (Å²) in [5.41, 5.74) is 1.25. The zero-order valence-corrected chi connectivity index (χ0v) is 18.0. The molecule has 0 radical (unpaired) electrons. The largest absolute Gasteiger partial charge is 0.493 e. The van der Waals surface area contributed by atoms with Crippen LogP contribution in [0.25, 0.3) is 10.6 Å². The molecule has 0 bridgehead atoms. The van der Waals surface area contributed by atoms with Gasteiger partial charge in [-0.1, -0.05) is 11.3 Å². The molecule has 1 N–H and O–H groups in total. The molecule has 1 aromatic heterocycles. The van der Waals surface area contributed by atoms with Crippen LogP contribution in [0.2, 0.25) is 0 Å². The SMILES string of the molecule is CCOc1ccc(C(=O)Nc2nnc(-c3ccc(OC)c(OC)c3)s2)cc1OCC. The molecule has 30 heavy (non-hydrogen) atoms. The number of benzene rings is 2.